The molecule has 2 saturated heterocycles. The lowest BCUT2D eigenvalue weighted by molar-refractivity contribution is -0.120. The molecule has 0 saturated carbocycles. The molecule has 0 aliphatic carbocycles. The van der Waals surface area contributed by atoms with Gasteiger partial charge in [0, 0.05) is 64.1 Å². The van der Waals surface area contributed by atoms with Gasteiger partial charge in [-0.1, -0.05) is 6.92 Å². The van der Waals surface area contributed by atoms with Gasteiger partial charge in [-0.2, -0.15) is 4.98 Å². The highest BCUT2D eigenvalue weighted by Gasteiger charge is 2.38. The Balaban J connectivity index is 1.27. The second-order valence-corrected chi connectivity index (χ2v) is 11.8. The fourth-order valence-corrected chi connectivity index (χ4v) is 6.51. The average Bonchev–Trinajstić information content (AvgIpc) is 2.95. The van der Waals surface area contributed by atoms with Crippen LogP contribution in [0.5, 0.6) is 5.75 Å². The lowest BCUT2D eigenvalue weighted by atomic mass is 9.97. The van der Waals surface area contributed by atoms with Crippen molar-refractivity contribution in [3.05, 3.63) is 24.4 Å². The molecule has 40 heavy (non-hydrogen) atoms. The van der Waals surface area contributed by atoms with Crippen molar-refractivity contribution in [1.29, 1.82) is 0 Å². The molecule has 2 atom stereocenters. The summed E-state index contributed by atoms with van der Waals surface area (Å²) in [6.45, 7) is 14.1. The number of anilines is 5. The van der Waals surface area contributed by atoms with Gasteiger partial charge in [0.1, 0.15) is 17.5 Å². The van der Waals surface area contributed by atoms with Gasteiger partial charge in [-0.05, 0) is 64.8 Å². The van der Waals surface area contributed by atoms with Crippen LogP contribution in [0.3, 0.4) is 0 Å². The number of hydrogen-bond acceptors (Lipinski definition) is 9. The number of piperidine rings is 1. The quantitative estimate of drug-likeness (QED) is 0.530. The van der Waals surface area contributed by atoms with Crippen LogP contribution < -0.4 is 24.8 Å². The lowest BCUT2D eigenvalue weighted by Gasteiger charge is -2.42. The molecule has 0 spiro atoms. The standard InChI is InChI=1S/C30H46N8O2/c1-7-25-29(39)35(5)26-18-31-30(33-28(26)38(25)21(2)3)32-24-11-10-23(17-27(24)40-6)37-15-13-36(14-16-37)20-22-9-8-12-34(4)19-22/h10-11,17-18,21-22,25H,7-9,12-16,19-20H2,1-6H3,(H,31,32,33)/t22?,25-/m1/s1. The molecule has 1 aromatic heterocycles. The van der Waals surface area contributed by atoms with Crippen molar-refractivity contribution in [2.75, 3.05) is 87.0 Å². The lowest BCUT2D eigenvalue weighted by Crippen LogP contribution is -2.54. The van der Waals surface area contributed by atoms with E-state index in [-0.39, 0.29) is 18.0 Å². The molecule has 3 aliphatic rings. The zero-order chi connectivity index (χ0) is 28.4. The first kappa shape index (κ1) is 28.4. The minimum atomic E-state index is -0.237. The molecule has 2 fully saturated rings. The van der Waals surface area contributed by atoms with E-state index in [2.05, 4.69) is 62.9 Å². The van der Waals surface area contributed by atoms with E-state index in [4.69, 9.17) is 9.72 Å². The largest absolute Gasteiger partial charge is 0.494 e. The van der Waals surface area contributed by atoms with E-state index in [1.165, 1.54) is 38.2 Å². The van der Waals surface area contributed by atoms with Gasteiger partial charge < -0.3 is 29.7 Å². The Hall–Kier alpha value is -3.11. The summed E-state index contributed by atoms with van der Waals surface area (Å²) in [7, 11) is 5.74. The zero-order valence-electron chi connectivity index (χ0n) is 25.1. The number of likely N-dealkylation sites (tertiary alicyclic amines) is 1. The SMILES string of the molecule is CC[C@@H]1C(=O)N(C)c2cnc(Nc3ccc(N4CCN(CC5CCCN(C)C5)CC4)cc3OC)nc2N1C(C)C. The summed E-state index contributed by atoms with van der Waals surface area (Å²) in [5, 5.41) is 3.37. The van der Waals surface area contributed by atoms with Crippen LogP contribution in [0.1, 0.15) is 40.0 Å². The molecular weight excluding hydrogens is 504 g/mol. The molecule has 2 aromatic rings. The molecular formula is C30H46N8O2. The molecule has 4 heterocycles. The molecule has 0 radical (unpaired) electrons. The first-order valence-corrected chi connectivity index (χ1v) is 14.8. The van der Waals surface area contributed by atoms with Crippen molar-refractivity contribution in [2.24, 2.45) is 5.92 Å². The summed E-state index contributed by atoms with van der Waals surface area (Å²) in [6, 6.07) is 6.19. The molecule has 1 aromatic carbocycles. The van der Waals surface area contributed by atoms with Crippen LogP contribution in [-0.4, -0.2) is 105 Å². The van der Waals surface area contributed by atoms with Gasteiger partial charge in [0.25, 0.3) is 0 Å². The fraction of sp³-hybridized carbons (Fsp3) is 0.633. The number of fused-ring (bicyclic) bond motifs is 1. The molecule has 10 nitrogen and oxygen atoms in total. The zero-order valence-corrected chi connectivity index (χ0v) is 25.1. The molecule has 1 unspecified atom stereocenters. The van der Waals surface area contributed by atoms with Gasteiger partial charge in [0.15, 0.2) is 5.82 Å². The number of piperazine rings is 1. The highest BCUT2D eigenvalue weighted by Crippen LogP contribution is 2.38. The highest BCUT2D eigenvalue weighted by atomic mass is 16.5. The highest BCUT2D eigenvalue weighted by molar-refractivity contribution is 6.04. The van der Waals surface area contributed by atoms with E-state index in [0.29, 0.717) is 5.95 Å². The number of hydrogen-bond donors (Lipinski definition) is 1. The number of methoxy groups -OCH3 is 1. The summed E-state index contributed by atoms with van der Waals surface area (Å²) < 4.78 is 5.80. The Labute approximate surface area is 239 Å². The molecule has 5 rings (SSSR count). The van der Waals surface area contributed by atoms with Gasteiger partial charge in [-0.15, -0.1) is 0 Å². The van der Waals surface area contributed by atoms with Crippen molar-refractivity contribution in [1.82, 2.24) is 19.8 Å². The summed E-state index contributed by atoms with van der Waals surface area (Å²) in [4.78, 5) is 33.7. The Bertz CT molecular complexity index is 1180. The molecule has 1 amide bonds. The van der Waals surface area contributed by atoms with Crippen molar-refractivity contribution in [3.63, 3.8) is 0 Å². The van der Waals surface area contributed by atoms with Crippen molar-refractivity contribution < 1.29 is 9.53 Å². The van der Waals surface area contributed by atoms with Gasteiger partial charge in [-0.3, -0.25) is 9.69 Å². The number of rotatable bonds is 8. The molecule has 0 bridgehead atoms. The number of aromatic nitrogens is 2. The number of nitrogens with zero attached hydrogens (tertiary/aromatic N) is 7. The van der Waals surface area contributed by atoms with Crippen LogP contribution in [0.15, 0.2) is 24.4 Å². The third kappa shape index (κ3) is 5.83. The third-order valence-electron chi connectivity index (χ3n) is 8.66. The number of carbonyl (C=O) groups is 1. The van der Waals surface area contributed by atoms with Gasteiger partial charge >= 0.3 is 0 Å². The molecule has 10 heteroatoms. The topological polar surface area (TPSA) is 80.3 Å². The third-order valence-corrected chi connectivity index (χ3v) is 8.66. The molecule has 3 aliphatic heterocycles. The predicted octanol–water partition coefficient (Wildman–Crippen LogP) is 3.66. The normalized spacial score (nSPS) is 22.6. The summed E-state index contributed by atoms with van der Waals surface area (Å²) in [5.74, 6) is 2.88. The maximum absolute atomic E-state index is 13.0. The van der Waals surface area contributed by atoms with Crippen molar-refractivity contribution >= 4 is 34.7 Å². The van der Waals surface area contributed by atoms with Crippen molar-refractivity contribution in [2.45, 2.75) is 52.1 Å². The van der Waals surface area contributed by atoms with E-state index in [1.54, 1.807) is 25.3 Å². The van der Waals surface area contributed by atoms with Gasteiger partial charge in [0.05, 0.1) is 19.0 Å². The molecule has 1 N–H and O–H groups in total. The number of carbonyl (C=O) groups excluding carboxylic acids is 1. The molecule has 218 valence electrons. The van der Waals surface area contributed by atoms with Crippen molar-refractivity contribution in [3.8, 4) is 5.75 Å². The van der Waals surface area contributed by atoms with E-state index >= 15 is 0 Å². The number of likely N-dealkylation sites (N-methyl/N-ethyl adjacent to an activating group) is 1. The Morgan fingerprint density at radius 1 is 1.12 bits per heavy atom. The first-order valence-electron chi connectivity index (χ1n) is 14.8. The summed E-state index contributed by atoms with van der Waals surface area (Å²) >= 11 is 0. The first-order chi connectivity index (χ1) is 19.3. The second-order valence-electron chi connectivity index (χ2n) is 11.8. The Kier molecular flexibility index (Phi) is 8.65. The van der Waals surface area contributed by atoms with E-state index < -0.39 is 0 Å². The maximum Gasteiger partial charge on any atom is 0.249 e. The Morgan fingerprint density at radius 2 is 1.90 bits per heavy atom. The summed E-state index contributed by atoms with van der Waals surface area (Å²) in [6.07, 6.45) is 5.13. The van der Waals surface area contributed by atoms with Gasteiger partial charge in [0.2, 0.25) is 11.9 Å². The van der Waals surface area contributed by atoms with Crippen LogP contribution in [0.2, 0.25) is 0 Å². The number of ether oxygens (including phenoxy) is 1. The van der Waals surface area contributed by atoms with E-state index in [9.17, 15) is 4.79 Å². The predicted molar refractivity (Wildman–Crippen MR) is 162 cm³/mol. The van der Waals surface area contributed by atoms with Crippen LogP contribution in [-0.2, 0) is 4.79 Å². The van der Waals surface area contributed by atoms with Crippen LogP contribution in [0.25, 0.3) is 0 Å². The van der Waals surface area contributed by atoms with E-state index in [1.807, 2.05) is 13.0 Å². The minimum absolute atomic E-state index is 0.0766. The maximum atomic E-state index is 13.0. The van der Waals surface area contributed by atoms with Crippen LogP contribution in [0, 0.1) is 5.92 Å². The van der Waals surface area contributed by atoms with E-state index in [0.717, 1.165) is 61.5 Å². The minimum Gasteiger partial charge on any atom is -0.494 e. The number of amides is 1. The second kappa shape index (κ2) is 12.2. The number of benzene rings is 1. The number of nitrogens with one attached hydrogen (secondary N) is 1. The fourth-order valence-electron chi connectivity index (χ4n) is 6.51. The van der Waals surface area contributed by atoms with Gasteiger partial charge in [-0.25, -0.2) is 4.98 Å². The monoisotopic (exact) mass is 550 g/mol. The van der Waals surface area contributed by atoms with Crippen LogP contribution >= 0.6 is 0 Å². The Morgan fingerprint density at radius 3 is 2.58 bits per heavy atom. The smallest absolute Gasteiger partial charge is 0.249 e. The average molecular weight is 551 g/mol. The van der Waals surface area contributed by atoms with Crippen LogP contribution in [0.4, 0.5) is 28.8 Å². The summed E-state index contributed by atoms with van der Waals surface area (Å²) in [5.41, 5.74) is 2.71.